The number of furan rings is 2. The summed E-state index contributed by atoms with van der Waals surface area (Å²) >= 11 is 5.91. The SMILES string of the molecule is O=C(N/N=C/c1ccc(-c2ccc(Cl)c(C(=O)O)c2)o1)c1cc2c(ccc3ccccc32)o1. The monoisotopic (exact) mass is 458 g/mol. The van der Waals surface area contributed by atoms with Crippen LogP contribution in [0, 0.1) is 0 Å². The normalized spacial score (nSPS) is 11.4. The number of benzene rings is 3. The highest BCUT2D eigenvalue weighted by atomic mass is 35.5. The number of carboxylic acids is 1. The number of nitrogens with zero attached hydrogens (tertiary/aromatic N) is 1. The van der Waals surface area contributed by atoms with E-state index in [0.717, 1.165) is 16.2 Å². The molecule has 0 bridgehead atoms. The van der Waals surface area contributed by atoms with E-state index in [1.165, 1.54) is 18.3 Å². The standard InChI is InChI=1S/C25H15ClN2O5/c26-20-8-5-15(11-19(20)25(30)31)21-10-7-16(32-21)13-27-28-24(29)23-12-18-17-4-2-1-3-14(17)6-9-22(18)33-23/h1-13H,(H,28,29)(H,30,31)/b27-13+. The predicted octanol–water partition coefficient (Wildman–Crippen LogP) is 5.96. The van der Waals surface area contributed by atoms with E-state index in [-0.39, 0.29) is 16.3 Å². The average molecular weight is 459 g/mol. The zero-order valence-corrected chi connectivity index (χ0v) is 17.7. The van der Waals surface area contributed by atoms with E-state index >= 15 is 0 Å². The summed E-state index contributed by atoms with van der Waals surface area (Å²) in [6.45, 7) is 0. The second-order valence-corrected chi connectivity index (χ2v) is 7.62. The van der Waals surface area contributed by atoms with Crippen LogP contribution >= 0.6 is 11.6 Å². The molecular weight excluding hydrogens is 444 g/mol. The molecule has 0 aliphatic rings. The third kappa shape index (κ3) is 3.97. The molecule has 2 heterocycles. The van der Waals surface area contributed by atoms with Gasteiger partial charge < -0.3 is 13.9 Å². The fraction of sp³-hybridized carbons (Fsp3) is 0. The summed E-state index contributed by atoms with van der Waals surface area (Å²) in [7, 11) is 0. The van der Waals surface area contributed by atoms with Crippen LogP contribution in [0.1, 0.15) is 26.7 Å². The Kier molecular flexibility index (Phi) is 5.16. The molecule has 2 N–H and O–H groups in total. The molecule has 5 rings (SSSR count). The molecule has 162 valence electrons. The number of halogens is 1. The predicted molar refractivity (Wildman–Crippen MR) is 125 cm³/mol. The van der Waals surface area contributed by atoms with Crippen LogP contribution in [-0.4, -0.2) is 23.2 Å². The molecule has 0 unspecified atom stereocenters. The maximum atomic E-state index is 12.5. The lowest BCUT2D eigenvalue weighted by Crippen LogP contribution is -2.16. The van der Waals surface area contributed by atoms with Crippen molar-refractivity contribution in [3.05, 3.63) is 94.9 Å². The van der Waals surface area contributed by atoms with Crippen LogP contribution in [-0.2, 0) is 0 Å². The van der Waals surface area contributed by atoms with Gasteiger partial charge in [-0.3, -0.25) is 4.79 Å². The van der Waals surface area contributed by atoms with Gasteiger partial charge in [-0.15, -0.1) is 0 Å². The fourth-order valence-corrected chi connectivity index (χ4v) is 3.73. The van der Waals surface area contributed by atoms with E-state index in [1.807, 2.05) is 36.4 Å². The number of hydrogen-bond acceptors (Lipinski definition) is 5. The Bertz CT molecular complexity index is 1560. The number of amides is 1. The van der Waals surface area contributed by atoms with Crippen molar-refractivity contribution in [2.45, 2.75) is 0 Å². The van der Waals surface area contributed by atoms with E-state index in [4.69, 9.17) is 20.4 Å². The molecule has 3 aromatic carbocycles. The minimum absolute atomic E-state index is 0.0216. The van der Waals surface area contributed by atoms with Crippen molar-refractivity contribution in [1.29, 1.82) is 0 Å². The van der Waals surface area contributed by atoms with E-state index in [0.29, 0.717) is 22.7 Å². The number of aromatic carboxylic acids is 1. The van der Waals surface area contributed by atoms with Crippen molar-refractivity contribution in [3.63, 3.8) is 0 Å². The van der Waals surface area contributed by atoms with E-state index in [1.54, 1.807) is 24.3 Å². The van der Waals surface area contributed by atoms with Gasteiger partial charge in [-0.05, 0) is 53.2 Å². The minimum atomic E-state index is -1.13. The lowest BCUT2D eigenvalue weighted by molar-refractivity contribution is 0.0697. The summed E-state index contributed by atoms with van der Waals surface area (Å²) in [4.78, 5) is 23.8. The maximum Gasteiger partial charge on any atom is 0.337 e. The summed E-state index contributed by atoms with van der Waals surface area (Å²) < 4.78 is 11.3. The zero-order valence-electron chi connectivity index (χ0n) is 16.9. The summed E-state index contributed by atoms with van der Waals surface area (Å²) in [5.74, 6) is -0.682. The van der Waals surface area contributed by atoms with Crippen LogP contribution in [0.3, 0.4) is 0 Å². The maximum absolute atomic E-state index is 12.5. The molecule has 0 saturated carbocycles. The molecule has 0 aliphatic heterocycles. The summed E-state index contributed by atoms with van der Waals surface area (Å²) in [6.07, 6.45) is 1.34. The molecule has 33 heavy (non-hydrogen) atoms. The van der Waals surface area contributed by atoms with Gasteiger partial charge in [-0.2, -0.15) is 5.10 Å². The molecule has 0 fully saturated rings. The van der Waals surface area contributed by atoms with Crippen LogP contribution in [0.25, 0.3) is 33.1 Å². The molecular formula is C25H15ClN2O5. The van der Waals surface area contributed by atoms with Gasteiger partial charge in [0.25, 0.3) is 0 Å². The topological polar surface area (TPSA) is 105 Å². The summed E-state index contributed by atoms with van der Waals surface area (Å²) in [5.41, 5.74) is 3.56. The number of carbonyl (C=O) groups is 2. The van der Waals surface area contributed by atoms with E-state index in [9.17, 15) is 14.7 Å². The Labute approximate surface area is 191 Å². The third-order valence-corrected chi connectivity index (χ3v) is 5.45. The number of hydrogen-bond donors (Lipinski definition) is 2. The largest absolute Gasteiger partial charge is 0.478 e. The van der Waals surface area contributed by atoms with E-state index in [2.05, 4.69) is 10.5 Å². The molecule has 5 aromatic rings. The Balaban J connectivity index is 1.32. The van der Waals surface area contributed by atoms with Crippen LogP contribution in [0.4, 0.5) is 0 Å². The number of nitrogens with one attached hydrogen (secondary N) is 1. The highest BCUT2D eigenvalue weighted by molar-refractivity contribution is 6.33. The van der Waals surface area contributed by atoms with Crippen LogP contribution in [0.15, 0.2) is 86.7 Å². The third-order valence-electron chi connectivity index (χ3n) is 5.12. The number of fused-ring (bicyclic) bond motifs is 3. The first kappa shape index (κ1) is 20.5. The van der Waals surface area contributed by atoms with Crippen LogP contribution in [0.5, 0.6) is 0 Å². The van der Waals surface area contributed by atoms with Gasteiger partial charge in [0.05, 0.1) is 16.8 Å². The first-order valence-corrected chi connectivity index (χ1v) is 10.2. The lowest BCUT2D eigenvalue weighted by Gasteiger charge is -2.01. The van der Waals surface area contributed by atoms with Gasteiger partial charge >= 0.3 is 11.9 Å². The number of rotatable bonds is 5. The first-order valence-electron chi connectivity index (χ1n) is 9.87. The highest BCUT2D eigenvalue weighted by Gasteiger charge is 2.14. The smallest absolute Gasteiger partial charge is 0.337 e. The molecule has 0 spiro atoms. The van der Waals surface area contributed by atoms with Gasteiger partial charge in [0.1, 0.15) is 17.1 Å². The summed E-state index contributed by atoms with van der Waals surface area (Å²) in [5, 5.41) is 16.2. The van der Waals surface area contributed by atoms with Gasteiger partial charge in [-0.1, -0.05) is 41.9 Å². The fourth-order valence-electron chi connectivity index (χ4n) is 3.53. The molecule has 2 aromatic heterocycles. The van der Waals surface area contributed by atoms with Crippen molar-refractivity contribution >= 4 is 51.4 Å². The number of hydrazone groups is 1. The van der Waals surface area contributed by atoms with Gasteiger partial charge in [0.2, 0.25) is 0 Å². The van der Waals surface area contributed by atoms with Crippen molar-refractivity contribution in [2.24, 2.45) is 5.10 Å². The minimum Gasteiger partial charge on any atom is -0.478 e. The Morgan fingerprint density at radius 1 is 0.939 bits per heavy atom. The lowest BCUT2D eigenvalue weighted by atomic mass is 10.1. The molecule has 0 atom stereocenters. The molecule has 0 saturated heterocycles. The van der Waals surface area contributed by atoms with Gasteiger partial charge in [0, 0.05) is 10.9 Å². The molecule has 0 aliphatic carbocycles. The van der Waals surface area contributed by atoms with Crippen LogP contribution in [0.2, 0.25) is 5.02 Å². The Morgan fingerprint density at radius 3 is 2.64 bits per heavy atom. The average Bonchev–Trinajstić information content (AvgIpc) is 3.46. The number of carbonyl (C=O) groups excluding carboxylic acids is 1. The summed E-state index contributed by atoms with van der Waals surface area (Å²) in [6, 6.07) is 21.2. The zero-order chi connectivity index (χ0) is 22.9. The second-order valence-electron chi connectivity index (χ2n) is 7.21. The van der Waals surface area contributed by atoms with E-state index < -0.39 is 11.9 Å². The van der Waals surface area contributed by atoms with Crippen molar-refractivity contribution < 1.29 is 23.5 Å². The Morgan fingerprint density at radius 2 is 1.79 bits per heavy atom. The second kappa shape index (κ2) is 8.29. The van der Waals surface area contributed by atoms with Crippen LogP contribution < -0.4 is 5.43 Å². The first-order chi connectivity index (χ1) is 16.0. The van der Waals surface area contributed by atoms with Gasteiger partial charge in [-0.25, -0.2) is 10.2 Å². The Hall–Kier alpha value is -4.36. The molecule has 8 heteroatoms. The molecule has 0 radical (unpaired) electrons. The van der Waals surface area contributed by atoms with Crippen molar-refractivity contribution in [3.8, 4) is 11.3 Å². The van der Waals surface area contributed by atoms with Crippen molar-refractivity contribution in [2.75, 3.05) is 0 Å². The quantitative estimate of drug-likeness (QED) is 0.249. The highest BCUT2D eigenvalue weighted by Crippen LogP contribution is 2.28. The number of carboxylic acid groups (broad SMARTS) is 1. The molecule has 7 nitrogen and oxygen atoms in total. The molecule has 1 amide bonds. The van der Waals surface area contributed by atoms with Crippen molar-refractivity contribution in [1.82, 2.24) is 5.43 Å². The van der Waals surface area contributed by atoms with Gasteiger partial charge in [0.15, 0.2) is 5.76 Å².